The maximum Gasteiger partial charge on any atom is 0.431 e. The molecule has 1 heterocycles. The van der Waals surface area contributed by atoms with E-state index >= 15 is 0 Å². The summed E-state index contributed by atoms with van der Waals surface area (Å²) in [6, 6.07) is 9.90. The van der Waals surface area contributed by atoms with Crippen LogP contribution in [0.4, 0.5) is 4.79 Å². The SMILES string of the molecule is CC(C)(C)OC(=O)NOC[C@H]1OC(C)(C)O[C@@H]1COCc1ccccc1. The van der Waals surface area contributed by atoms with Gasteiger partial charge in [-0.05, 0) is 40.2 Å². The Bertz CT molecular complexity index is 569. The van der Waals surface area contributed by atoms with Crippen molar-refractivity contribution in [3.63, 3.8) is 0 Å². The molecule has 0 radical (unpaired) electrons. The molecule has 0 unspecified atom stereocenters. The first kappa shape index (κ1) is 20.6. The Labute approximate surface area is 154 Å². The predicted octanol–water partition coefficient (Wildman–Crippen LogP) is 3.18. The lowest BCUT2D eigenvalue weighted by Gasteiger charge is -2.20. The average Bonchev–Trinajstić information content (AvgIpc) is 2.81. The second kappa shape index (κ2) is 8.81. The minimum atomic E-state index is -0.735. The van der Waals surface area contributed by atoms with E-state index in [4.69, 9.17) is 23.8 Å². The van der Waals surface area contributed by atoms with Gasteiger partial charge in [0.1, 0.15) is 24.4 Å². The molecule has 1 aliphatic heterocycles. The topological polar surface area (TPSA) is 75.3 Å². The molecule has 1 amide bonds. The summed E-state index contributed by atoms with van der Waals surface area (Å²) < 4.78 is 22.6. The second-order valence-corrected chi connectivity index (χ2v) is 7.63. The minimum absolute atomic E-state index is 0.127. The number of hydroxylamine groups is 1. The predicted molar refractivity (Wildman–Crippen MR) is 95.2 cm³/mol. The number of hydrogen-bond acceptors (Lipinski definition) is 6. The lowest BCUT2D eigenvalue weighted by atomic mass is 10.2. The number of benzene rings is 1. The Balaban J connectivity index is 1.76. The van der Waals surface area contributed by atoms with Gasteiger partial charge in [-0.15, -0.1) is 0 Å². The molecule has 1 N–H and O–H groups in total. The Morgan fingerprint density at radius 3 is 2.35 bits per heavy atom. The van der Waals surface area contributed by atoms with Gasteiger partial charge in [0.15, 0.2) is 5.79 Å². The van der Waals surface area contributed by atoms with Crippen LogP contribution in [0.1, 0.15) is 40.2 Å². The first-order valence-electron chi connectivity index (χ1n) is 8.73. The molecule has 0 aromatic heterocycles. The van der Waals surface area contributed by atoms with Crippen molar-refractivity contribution < 1.29 is 28.6 Å². The van der Waals surface area contributed by atoms with E-state index in [0.717, 1.165) is 5.56 Å². The van der Waals surface area contributed by atoms with E-state index in [0.29, 0.717) is 13.2 Å². The highest BCUT2D eigenvalue weighted by atomic mass is 16.8. The van der Waals surface area contributed by atoms with E-state index in [9.17, 15) is 4.79 Å². The second-order valence-electron chi connectivity index (χ2n) is 7.63. The molecular weight excluding hydrogens is 338 g/mol. The van der Waals surface area contributed by atoms with E-state index in [2.05, 4.69) is 5.48 Å². The van der Waals surface area contributed by atoms with Crippen molar-refractivity contribution in [1.29, 1.82) is 0 Å². The molecule has 26 heavy (non-hydrogen) atoms. The lowest BCUT2D eigenvalue weighted by Crippen LogP contribution is -2.37. The molecule has 1 aromatic carbocycles. The van der Waals surface area contributed by atoms with Crippen LogP contribution in [0.15, 0.2) is 30.3 Å². The zero-order valence-electron chi connectivity index (χ0n) is 16.1. The molecule has 146 valence electrons. The Morgan fingerprint density at radius 1 is 1.12 bits per heavy atom. The number of ether oxygens (including phenoxy) is 4. The summed E-state index contributed by atoms with van der Waals surface area (Å²) in [6.07, 6.45) is -1.31. The fourth-order valence-electron chi connectivity index (χ4n) is 2.54. The minimum Gasteiger partial charge on any atom is -0.442 e. The van der Waals surface area contributed by atoms with Crippen LogP contribution < -0.4 is 5.48 Å². The summed E-state index contributed by atoms with van der Waals surface area (Å²) in [5, 5.41) is 0. The maximum atomic E-state index is 11.6. The van der Waals surface area contributed by atoms with Crippen molar-refractivity contribution in [2.24, 2.45) is 0 Å². The zero-order valence-corrected chi connectivity index (χ0v) is 16.1. The van der Waals surface area contributed by atoms with Gasteiger partial charge in [0.25, 0.3) is 0 Å². The number of amides is 1. The Hall–Kier alpha value is -1.67. The molecule has 0 spiro atoms. The van der Waals surface area contributed by atoms with Crippen LogP contribution in [0.5, 0.6) is 0 Å². The van der Waals surface area contributed by atoms with Gasteiger partial charge in [0, 0.05) is 0 Å². The molecule has 1 aliphatic rings. The van der Waals surface area contributed by atoms with Crippen molar-refractivity contribution in [1.82, 2.24) is 5.48 Å². The van der Waals surface area contributed by atoms with Gasteiger partial charge in [-0.3, -0.25) is 4.84 Å². The van der Waals surface area contributed by atoms with Gasteiger partial charge < -0.3 is 18.9 Å². The lowest BCUT2D eigenvalue weighted by molar-refractivity contribution is -0.156. The van der Waals surface area contributed by atoms with E-state index in [1.165, 1.54) is 0 Å². The molecular formula is C19H29NO6. The van der Waals surface area contributed by atoms with Crippen LogP contribution in [-0.4, -0.2) is 42.9 Å². The number of carbonyl (C=O) groups is 1. The molecule has 0 saturated carbocycles. The highest BCUT2D eigenvalue weighted by molar-refractivity contribution is 5.66. The van der Waals surface area contributed by atoms with Crippen molar-refractivity contribution in [3.8, 4) is 0 Å². The van der Waals surface area contributed by atoms with Gasteiger partial charge in [-0.1, -0.05) is 30.3 Å². The van der Waals surface area contributed by atoms with E-state index in [-0.39, 0.29) is 18.8 Å². The van der Waals surface area contributed by atoms with Crippen LogP contribution in [-0.2, 0) is 30.4 Å². The fourth-order valence-corrected chi connectivity index (χ4v) is 2.54. The molecule has 1 saturated heterocycles. The van der Waals surface area contributed by atoms with Gasteiger partial charge in [-0.2, -0.15) is 5.48 Å². The van der Waals surface area contributed by atoms with Gasteiger partial charge >= 0.3 is 6.09 Å². The maximum absolute atomic E-state index is 11.6. The highest BCUT2D eigenvalue weighted by Crippen LogP contribution is 2.28. The zero-order chi connectivity index (χ0) is 19.2. The summed E-state index contributed by atoms with van der Waals surface area (Å²) in [6.45, 7) is 9.98. The van der Waals surface area contributed by atoms with E-state index in [1.807, 2.05) is 44.2 Å². The largest absolute Gasteiger partial charge is 0.442 e. The molecule has 1 aromatic rings. The molecule has 2 atom stereocenters. The molecule has 0 aliphatic carbocycles. The first-order valence-corrected chi connectivity index (χ1v) is 8.73. The third kappa shape index (κ3) is 7.29. The number of carbonyl (C=O) groups excluding carboxylic acids is 1. The molecule has 7 nitrogen and oxygen atoms in total. The monoisotopic (exact) mass is 367 g/mol. The quantitative estimate of drug-likeness (QED) is 0.746. The Morgan fingerprint density at radius 2 is 1.73 bits per heavy atom. The standard InChI is InChI=1S/C19H29NO6/c1-18(2,3)26-17(21)20-23-13-16-15(24-19(4,5)25-16)12-22-11-14-9-7-6-8-10-14/h6-10,15-16H,11-13H2,1-5H3,(H,20,21)/t15-,16-/m1/s1. The van der Waals surface area contributed by atoms with E-state index in [1.54, 1.807) is 20.8 Å². The van der Waals surface area contributed by atoms with Crippen LogP contribution in [0.3, 0.4) is 0 Å². The third-order valence-electron chi connectivity index (χ3n) is 3.48. The van der Waals surface area contributed by atoms with Crippen LogP contribution in [0.2, 0.25) is 0 Å². The molecule has 0 bridgehead atoms. The fraction of sp³-hybridized carbons (Fsp3) is 0.632. The van der Waals surface area contributed by atoms with Crippen molar-refractivity contribution in [2.45, 2.75) is 64.8 Å². The number of hydrogen-bond donors (Lipinski definition) is 1. The van der Waals surface area contributed by atoms with Gasteiger partial charge in [-0.25, -0.2) is 4.79 Å². The third-order valence-corrected chi connectivity index (χ3v) is 3.48. The normalized spacial score (nSPS) is 22.2. The summed E-state index contributed by atoms with van der Waals surface area (Å²) in [5.41, 5.74) is 2.76. The molecule has 1 fully saturated rings. The molecule has 2 rings (SSSR count). The summed E-state index contributed by atoms with van der Waals surface area (Å²) in [5.74, 6) is -0.735. The highest BCUT2D eigenvalue weighted by Gasteiger charge is 2.41. The average molecular weight is 367 g/mol. The Kier molecular flexibility index (Phi) is 7.00. The van der Waals surface area contributed by atoms with Crippen LogP contribution >= 0.6 is 0 Å². The summed E-state index contributed by atoms with van der Waals surface area (Å²) in [4.78, 5) is 16.8. The number of rotatable bonds is 7. The van der Waals surface area contributed by atoms with E-state index < -0.39 is 17.5 Å². The van der Waals surface area contributed by atoms with Crippen molar-refractivity contribution in [3.05, 3.63) is 35.9 Å². The van der Waals surface area contributed by atoms with Crippen molar-refractivity contribution in [2.75, 3.05) is 13.2 Å². The smallest absolute Gasteiger partial charge is 0.431 e. The van der Waals surface area contributed by atoms with Gasteiger partial charge in [0.2, 0.25) is 0 Å². The van der Waals surface area contributed by atoms with Crippen LogP contribution in [0.25, 0.3) is 0 Å². The first-order chi connectivity index (χ1) is 12.1. The summed E-state index contributed by atoms with van der Waals surface area (Å²) >= 11 is 0. The molecule has 7 heteroatoms. The van der Waals surface area contributed by atoms with Crippen LogP contribution in [0, 0.1) is 0 Å². The van der Waals surface area contributed by atoms with Gasteiger partial charge in [0.05, 0.1) is 13.2 Å². The summed E-state index contributed by atoms with van der Waals surface area (Å²) in [7, 11) is 0. The number of nitrogens with one attached hydrogen (secondary N) is 1. The van der Waals surface area contributed by atoms with Crippen molar-refractivity contribution >= 4 is 6.09 Å².